The van der Waals surface area contributed by atoms with Gasteiger partial charge in [0.05, 0.1) is 18.1 Å². The average molecular weight is 390 g/mol. The van der Waals surface area contributed by atoms with Crippen molar-refractivity contribution < 1.29 is 9.47 Å². The van der Waals surface area contributed by atoms with Crippen molar-refractivity contribution in [2.75, 3.05) is 12.8 Å². The number of methoxy groups -OCH3 is 1. The third kappa shape index (κ3) is 3.70. The molecule has 0 saturated carbocycles. The van der Waals surface area contributed by atoms with E-state index in [9.17, 15) is 0 Å². The van der Waals surface area contributed by atoms with Gasteiger partial charge in [0.2, 0.25) is 0 Å². The molecule has 2 aromatic carbocycles. The fourth-order valence-corrected chi connectivity index (χ4v) is 3.59. The van der Waals surface area contributed by atoms with Crippen molar-refractivity contribution in [1.82, 2.24) is 14.5 Å². The van der Waals surface area contributed by atoms with Crippen molar-refractivity contribution in [1.29, 1.82) is 0 Å². The molecule has 29 heavy (non-hydrogen) atoms. The SMILES string of the molecule is CCCCc1nc2c(N)nc3ccc(OCc4cccc(OC)c4)cc3c2n1C. The van der Waals surface area contributed by atoms with Crippen molar-refractivity contribution in [3.05, 3.63) is 53.9 Å². The number of nitrogens with zero attached hydrogens (tertiary/aromatic N) is 3. The molecule has 0 radical (unpaired) electrons. The largest absolute Gasteiger partial charge is 0.497 e. The highest BCUT2D eigenvalue weighted by Gasteiger charge is 2.15. The highest BCUT2D eigenvalue weighted by atomic mass is 16.5. The van der Waals surface area contributed by atoms with E-state index >= 15 is 0 Å². The summed E-state index contributed by atoms with van der Waals surface area (Å²) >= 11 is 0. The summed E-state index contributed by atoms with van der Waals surface area (Å²) in [6.07, 6.45) is 3.14. The molecule has 0 fully saturated rings. The highest BCUT2D eigenvalue weighted by Crippen LogP contribution is 2.31. The maximum absolute atomic E-state index is 6.20. The molecule has 0 unspecified atom stereocenters. The number of imidazole rings is 1. The molecule has 2 N–H and O–H groups in total. The quantitative estimate of drug-likeness (QED) is 0.498. The number of unbranched alkanes of at least 4 members (excludes halogenated alkanes) is 1. The number of nitrogens with two attached hydrogens (primary N) is 1. The molecule has 0 spiro atoms. The summed E-state index contributed by atoms with van der Waals surface area (Å²) in [5.74, 6) is 3.10. The van der Waals surface area contributed by atoms with E-state index in [1.807, 2.05) is 49.5 Å². The van der Waals surface area contributed by atoms with Gasteiger partial charge in [-0.05, 0) is 42.3 Å². The first-order valence-electron chi connectivity index (χ1n) is 9.91. The zero-order valence-corrected chi connectivity index (χ0v) is 17.1. The van der Waals surface area contributed by atoms with E-state index in [2.05, 4.69) is 16.5 Å². The van der Waals surface area contributed by atoms with E-state index in [0.717, 1.165) is 64.1 Å². The van der Waals surface area contributed by atoms with Crippen molar-refractivity contribution >= 4 is 27.8 Å². The number of benzene rings is 2. The third-order valence-corrected chi connectivity index (χ3v) is 5.19. The molecular weight excluding hydrogens is 364 g/mol. The average Bonchev–Trinajstić information content (AvgIpc) is 3.08. The maximum atomic E-state index is 6.20. The first-order chi connectivity index (χ1) is 14.1. The van der Waals surface area contributed by atoms with Gasteiger partial charge in [0.15, 0.2) is 5.82 Å². The first kappa shape index (κ1) is 19.1. The van der Waals surface area contributed by atoms with Crippen LogP contribution in [0.25, 0.3) is 21.9 Å². The molecule has 0 bridgehead atoms. The predicted octanol–water partition coefficient (Wildman–Crippen LogP) is 4.63. The van der Waals surface area contributed by atoms with Crippen molar-refractivity contribution in [3.8, 4) is 11.5 Å². The summed E-state index contributed by atoms with van der Waals surface area (Å²) in [4.78, 5) is 9.31. The molecule has 4 aromatic rings. The topological polar surface area (TPSA) is 75.2 Å². The molecule has 4 rings (SSSR count). The fourth-order valence-electron chi connectivity index (χ4n) is 3.59. The number of nitrogen functional groups attached to an aromatic ring is 1. The van der Waals surface area contributed by atoms with Gasteiger partial charge in [-0.25, -0.2) is 9.97 Å². The summed E-state index contributed by atoms with van der Waals surface area (Å²) in [6, 6.07) is 13.8. The monoisotopic (exact) mass is 390 g/mol. The van der Waals surface area contributed by atoms with Gasteiger partial charge in [-0.15, -0.1) is 0 Å². The standard InChI is InChI=1S/C23H26N4O2/c1-4-5-9-20-26-21-22(27(20)2)18-13-17(10-11-19(18)25-23(21)24)29-14-15-7-6-8-16(12-15)28-3/h6-8,10-13H,4-5,9,14H2,1-3H3,(H2,24,25). The van der Waals surface area contributed by atoms with Crippen molar-refractivity contribution in [2.24, 2.45) is 7.05 Å². The number of fused-ring (bicyclic) bond motifs is 3. The Morgan fingerprint density at radius 3 is 2.72 bits per heavy atom. The number of ether oxygens (including phenoxy) is 2. The van der Waals surface area contributed by atoms with Gasteiger partial charge in [0.1, 0.15) is 29.4 Å². The van der Waals surface area contributed by atoms with E-state index in [4.69, 9.17) is 20.2 Å². The summed E-state index contributed by atoms with van der Waals surface area (Å²) in [5.41, 5.74) is 9.86. The number of hydrogen-bond acceptors (Lipinski definition) is 5. The van der Waals surface area contributed by atoms with Crippen LogP contribution >= 0.6 is 0 Å². The summed E-state index contributed by atoms with van der Waals surface area (Å²) in [5, 5.41) is 0.995. The molecule has 2 aromatic heterocycles. The summed E-state index contributed by atoms with van der Waals surface area (Å²) in [6.45, 7) is 2.64. The zero-order valence-electron chi connectivity index (χ0n) is 17.1. The molecule has 0 aliphatic heterocycles. The molecule has 0 amide bonds. The Kier molecular flexibility index (Phi) is 5.25. The lowest BCUT2D eigenvalue weighted by Crippen LogP contribution is -1.99. The van der Waals surface area contributed by atoms with Crippen LogP contribution in [0.5, 0.6) is 11.5 Å². The summed E-state index contributed by atoms with van der Waals surface area (Å²) in [7, 11) is 3.71. The number of aryl methyl sites for hydroxylation is 2. The predicted molar refractivity (Wildman–Crippen MR) is 116 cm³/mol. The Labute approximate surface area is 170 Å². The Morgan fingerprint density at radius 2 is 1.93 bits per heavy atom. The van der Waals surface area contributed by atoms with Gasteiger partial charge in [-0.2, -0.15) is 0 Å². The first-order valence-corrected chi connectivity index (χ1v) is 9.91. The maximum Gasteiger partial charge on any atom is 0.152 e. The Hall–Kier alpha value is -3.28. The second kappa shape index (κ2) is 7.99. The lowest BCUT2D eigenvalue weighted by Gasteiger charge is -2.10. The van der Waals surface area contributed by atoms with Crippen LogP contribution in [0.2, 0.25) is 0 Å². The number of anilines is 1. The van der Waals surface area contributed by atoms with Crippen molar-refractivity contribution in [3.63, 3.8) is 0 Å². The Bertz CT molecular complexity index is 1170. The molecule has 2 heterocycles. The van der Waals surface area contributed by atoms with E-state index in [0.29, 0.717) is 12.4 Å². The van der Waals surface area contributed by atoms with Crippen LogP contribution in [0.1, 0.15) is 31.2 Å². The minimum atomic E-state index is 0.460. The summed E-state index contributed by atoms with van der Waals surface area (Å²) < 4.78 is 13.5. The smallest absolute Gasteiger partial charge is 0.152 e. The van der Waals surface area contributed by atoms with Crippen LogP contribution in [0.15, 0.2) is 42.5 Å². The number of rotatable bonds is 7. The van der Waals surface area contributed by atoms with Crippen molar-refractivity contribution in [2.45, 2.75) is 32.8 Å². The minimum Gasteiger partial charge on any atom is -0.497 e. The normalized spacial score (nSPS) is 11.3. The molecule has 150 valence electrons. The van der Waals surface area contributed by atoms with Crippen LogP contribution in [0, 0.1) is 0 Å². The number of pyridine rings is 1. The second-order valence-corrected chi connectivity index (χ2v) is 7.20. The number of aromatic nitrogens is 3. The van der Waals surface area contributed by atoms with Gasteiger partial charge < -0.3 is 19.8 Å². The van der Waals surface area contributed by atoms with Gasteiger partial charge in [-0.3, -0.25) is 0 Å². The Morgan fingerprint density at radius 1 is 1.07 bits per heavy atom. The molecule has 0 aliphatic carbocycles. The van der Waals surface area contributed by atoms with Gasteiger partial charge in [0, 0.05) is 18.9 Å². The van der Waals surface area contributed by atoms with Crippen LogP contribution in [0.3, 0.4) is 0 Å². The van der Waals surface area contributed by atoms with Gasteiger partial charge in [-0.1, -0.05) is 25.5 Å². The molecular formula is C23H26N4O2. The Balaban J connectivity index is 1.70. The molecule has 6 heteroatoms. The minimum absolute atomic E-state index is 0.460. The van der Waals surface area contributed by atoms with Crippen LogP contribution in [-0.2, 0) is 20.1 Å². The van der Waals surface area contributed by atoms with Gasteiger partial charge in [0.25, 0.3) is 0 Å². The van der Waals surface area contributed by atoms with Crippen LogP contribution < -0.4 is 15.2 Å². The van der Waals surface area contributed by atoms with E-state index < -0.39 is 0 Å². The molecule has 0 aliphatic rings. The third-order valence-electron chi connectivity index (χ3n) is 5.19. The van der Waals surface area contributed by atoms with Gasteiger partial charge >= 0.3 is 0 Å². The van der Waals surface area contributed by atoms with E-state index in [1.165, 1.54) is 0 Å². The number of hydrogen-bond donors (Lipinski definition) is 1. The molecule has 6 nitrogen and oxygen atoms in total. The van der Waals surface area contributed by atoms with Crippen LogP contribution in [-0.4, -0.2) is 21.6 Å². The fraction of sp³-hybridized carbons (Fsp3) is 0.304. The van der Waals surface area contributed by atoms with E-state index in [-0.39, 0.29) is 0 Å². The molecule has 0 saturated heterocycles. The highest BCUT2D eigenvalue weighted by molar-refractivity contribution is 6.07. The second-order valence-electron chi connectivity index (χ2n) is 7.20. The van der Waals surface area contributed by atoms with E-state index in [1.54, 1.807) is 7.11 Å². The van der Waals surface area contributed by atoms with Crippen LogP contribution in [0.4, 0.5) is 5.82 Å². The molecule has 0 atom stereocenters. The zero-order chi connectivity index (χ0) is 20.4. The lowest BCUT2D eigenvalue weighted by atomic mass is 10.1. The lowest BCUT2D eigenvalue weighted by molar-refractivity contribution is 0.305.